The molecule has 0 spiro atoms. The molecule has 2 aromatic carbocycles. The molecule has 2 amide bonds. The lowest BCUT2D eigenvalue weighted by Crippen LogP contribution is -2.36. The molecule has 0 atom stereocenters. The van der Waals surface area contributed by atoms with Crippen LogP contribution in [0.1, 0.15) is 40.0 Å². The Morgan fingerprint density at radius 2 is 1.58 bits per heavy atom. The lowest BCUT2D eigenvalue weighted by molar-refractivity contribution is 0.0725. The molecule has 2 aromatic rings. The van der Waals surface area contributed by atoms with Crippen LogP contribution in [-0.4, -0.2) is 57.2 Å². The fraction of sp³-hybridized carbons (Fsp3) is 0.391. The van der Waals surface area contributed by atoms with Crippen LogP contribution in [0.4, 0.5) is 5.69 Å². The third kappa shape index (κ3) is 4.38. The summed E-state index contributed by atoms with van der Waals surface area (Å²) < 4.78 is 21.8. The second-order valence-electron chi connectivity index (χ2n) is 7.42. The standard InChI is InChI=1S/C23H26N2O6/c1-28-19-13-16(23(27)25-8-4-3-5-9-25)17(14-20(19)29-2)24-22(26)15-6-7-18-21(12-15)31-11-10-30-18/h6-7,12-14H,3-5,8-11H2,1-2H3,(H,24,26). The number of carbonyl (C=O) groups excluding carboxylic acids is 2. The maximum atomic E-state index is 13.2. The van der Waals surface area contributed by atoms with E-state index < -0.39 is 0 Å². The average molecular weight is 426 g/mol. The van der Waals surface area contributed by atoms with Crippen LogP contribution in [0, 0.1) is 0 Å². The van der Waals surface area contributed by atoms with Gasteiger partial charge >= 0.3 is 0 Å². The number of anilines is 1. The highest BCUT2D eigenvalue weighted by Crippen LogP contribution is 2.35. The van der Waals surface area contributed by atoms with E-state index in [1.54, 1.807) is 30.3 Å². The maximum absolute atomic E-state index is 13.2. The Kier molecular flexibility index (Phi) is 6.16. The minimum atomic E-state index is -0.364. The van der Waals surface area contributed by atoms with Gasteiger partial charge in [-0.3, -0.25) is 9.59 Å². The van der Waals surface area contributed by atoms with Gasteiger partial charge in [-0.1, -0.05) is 0 Å². The van der Waals surface area contributed by atoms with E-state index in [4.69, 9.17) is 18.9 Å². The van der Waals surface area contributed by atoms with Gasteiger partial charge < -0.3 is 29.2 Å². The van der Waals surface area contributed by atoms with Crippen molar-refractivity contribution in [3.05, 3.63) is 41.5 Å². The number of nitrogens with one attached hydrogen (secondary N) is 1. The number of nitrogens with zero attached hydrogens (tertiary/aromatic N) is 1. The summed E-state index contributed by atoms with van der Waals surface area (Å²) in [6.07, 6.45) is 3.05. The Balaban J connectivity index is 1.65. The van der Waals surface area contributed by atoms with Gasteiger partial charge in [0.15, 0.2) is 23.0 Å². The van der Waals surface area contributed by atoms with E-state index in [2.05, 4.69) is 5.32 Å². The first kappa shape index (κ1) is 20.8. The van der Waals surface area contributed by atoms with Crippen LogP contribution < -0.4 is 24.3 Å². The van der Waals surface area contributed by atoms with Crippen LogP contribution in [0.2, 0.25) is 0 Å². The molecule has 0 saturated carbocycles. The van der Waals surface area contributed by atoms with Gasteiger partial charge in [-0.15, -0.1) is 0 Å². The Bertz CT molecular complexity index is 984. The van der Waals surface area contributed by atoms with Crippen LogP contribution in [0.25, 0.3) is 0 Å². The molecule has 2 aliphatic rings. The van der Waals surface area contributed by atoms with Crippen LogP contribution >= 0.6 is 0 Å². The molecule has 0 aromatic heterocycles. The number of amides is 2. The van der Waals surface area contributed by atoms with Gasteiger partial charge in [0.05, 0.1) is 25.5 Å². The highest BCUT2D eigenvalue weighted by molar-refractivity contribution is 6.09. The maximum Gasteiger partial charge on any atom is 0.256 e. The number of likely N-dealkylation sites (tertiary alicyclic amines) is 1. The van der Waals surface area contributed by atoms with Gasteiger partial charge in [0.25, 0.3) is 11.8 Å². The minimum Gasteiger partial charge on any atom is -0.493 e. The summed E-state index contributed by atoms with van der Waals surface area (Å²) in [6, 6.07) is 8.24. The molecule has 4 rings (SSSR count). The summed E-state index contributed by atoms with van der Waals surface area (Å²) in [7, 11) is 3.02. The number of carbonyl (C=O) groups is 2. The monoisotopic (exact) mass is 426 g/mol. The van der Waals surface area contributed by atoms with Crippen LogP contribution in [0.5, 0.6) is 23.0 Å². The van der Waals surface area contributed by atoms with Crippen molar-refractivity contribution >= 4 is 17.5 Å². The second kappa shape index (κ2) is 9.16. The van der Waals surface area contributed by atoms with Crippen molar-refractivity contribution in [2.24, 2.45) is 0 Å². The summed E-state index contributed by atoms with van der Waals surface area (Å²) >= 11 is 0. The number of rotatable bonds is 5. The molecular weight excluding hydrogens is 400 g/mol. The van der Waals surface area contributed by atoms with Crippen LogP contribution in [-0.2, 0) is 0 Å². The number of hydrogen-bond donors (Lipinski definition) is 1. The lowest BCUT2D eigenvalue weighted by Gasteiger charge is -2.28. The van der Waals surface area contributed by atoms with Gasteiger partial charge in [-0.2, -0.15) is 0 Å². The summed E-state index contributed by atoms with van der Waals surface area (Å²) in [5.74, 6) is 1.48. The largest absolute Gasteiger partial charge is 0.493 e. The van der Waals surface area contributed by atoms with Crippen molar-refractivity contribution in [3.63, 3.8) is 0 Å². The summed E-state index contributed by atoms with van der Waals surface area (Å²) in [5, 5.41) is 2.86. The number of benzene rings is 2. The first-order valence-corrected chi connectivity index (χ1v) is 10.4. The minimum absolute atomic E-state index is 0.141. The smallest absolute Gasteiger partial charge is 0.256 e. The van der Waals surface area contributed by atoms with Crippen molar-refractivity contribution in [3.8, 4) is 23.0 Å². The van der Waals surface area contributed by atoms with E-state index in [9.17, 15) is 9.59 Å². The van der Waals surface area contributed by atoms with E-state index in [0.29, 0.717) is 66.1 Å². The van der Waals surface area contributed by atoms with Crippen molar-refractivity contribution in [1.29, 1.82) is 0 Å². The highest BCUT2D eigenvalue weighted by Gasteiger charge is 2.25. The van der Waals surface area contributed by atoms with Gasteiger partial charge in [-0.25, -0.2) is 0 Å². The number of fused-ring (bicyclic) bond motifs is 1. The first-order chi connectivity index (χ1) is 15.1. The Morgan fingerprint density at radius 1 is 0.903 bits per heavy atom. The average Bonchev–Trinajstić information content (AvgIpc) is 2.83. The summed E-state index contributed by atoms with van der Waals surface area (Å²) in [5.41, 5.74) is 1.13. The van der Waals surface area contributed by atoms with Crippen LogP contribution in [0.3, 0.4) is 0 Å². The van der Waals surface area contributed by atoms with Crippen molar-refractivity contribution in [2.75, 3.05) is 45.8 Å². The van der Waals surface area contributed by atoms with Crippen molar-refractivity contribution in [1.82, 2.24) is 4.90 Å². The zero-order valence-electron chi connectivity index (χ0n) is 17.7. The molecule has 0 aliphatic carbocycles. The molecule has 8 heteroatoms. The molecule has 2 aliphatic heterocycles. The van der Waals surface area contributed by atoms with Gasteiger partial charge in [-0.05, 0) is 43.5 Å². The zero-order valence-corrected chi connectivity index (χ0v) is 17.7. The van der Waals surface area contributed by atoms with E-state index in [1.807, 2.05) is 4.90 Å². The van der Waals surface area contributed by atoms with E-state index in [1.165, 1.54) is 14.2 Å². The first-order valence-electron chi connectivity index (χ1n) is 10.4. The fourth-order valence-electron chi connectivity index (χ4n) is 3.81. The number of hydrogen-bond acceptors (Lipinski definition) is 6. The molecule has 2 heterocycles. The van der Waals surface area contributed by atoms with Gasteiger partial charge in [0, 0.05) is 24.7 Å². The van der Waals surface area contributed by atoms with Gasteiger partial charge in [0.1, 0.15) is 13.2 Å². The predicted octanol–water partition coefficient (Wildman–Crippen LogP) is 3.35. The fourth-order valence-corrected chi connectivity index (χ4v) is 3.81. The SMILES string of the molecule is COc1cc(NC(=O)c2ccc3c(c2)OCCO3)c(C(=O)N2CCCCC2)cc1OC. The molecule has 0 unspecified atom stereocenters. The van der Waals surface area contributed by atoms with Gasteiger partial charge in [0.2, 0.25) is 0 Å². The molecule has 1 saturated heterocycles. The molecule has 8 nitrogen and oxygen atoms in total. The summed E-state index contributed by atoms with van der Waals surface area (Å²) in [4.78, 5) is 28.1. The predicted molar refractivity (Wildman–Crippen MR) is 115 cm³/mol. The normalized spacial score (nSPS) is 15.2. The molecule has 0 radical (unpaired) electrons. The van der Waals surface area contributed by atoms with E-state index >= 15 is 0 Å². The Labute approximate surface area is 181 Å². The number of ether oxygens (including phenoxy) is 4. The molecule has 1 N–H and O–H groups in total. The highest BCUT2D eigenvalue weighted by atomic mass is 16.6. The number of piperidine rings is 1. The molecule has 1 fully saturated rings. The third-order valence-corrected chi connectivity index (χ3v) is 5.45. The molecular formula is C23H26N2O6. The van der Waals surface area contributed by atoms with Crippen molar-refractivity contribution in [2.45, 2.75) is 19.3 Å². The van der Waals surface area contributed by atoms with Crippen LogP contribution in [0.15, 0.2) is 30.3 Å². The lowest BCUT2D eigenvalue weighted by atomic mass is 10.1. The second-order valence-corrected chi connectivity index (χ2v) is 7.42. The molecule has 164 valence electrons. The molecule has 0 bridgehead atoms. The Hall–Kier alpha value is -3.42. The zero-order chi connectivity index (χ0) is 21.8. The summed E-state index contributed by atoms with van der Waals surface area (Å²) in [6.45, 7) is 2.31. The van der Waals surface area contributed by atoms with Crippen molar-refractivity contribution < 1.29 is 28.5 Å². The number of methoxy groups -OCH3 is 2. The molecule has 31 heavy (non-hydrogen) atoms. The Morgan fingerprint density at radius 3 is 2.29 bits per heavy atom. The topological polar surface area (TPSA) is 86.3 Å². The third-order valence-electron chi connectivity index (χ3n) is 5.45. The van der Waals surface area contributed by atoms with E-state index in [0.717, 1.165) is 19.3 Å². The quantitative estimate of drug-likeness (QED) is 0.789. The van der Waals surface area contributed by atoms with E-state index in [-0.39, 0.29) is 11.8 Å².